The topological polar surface area (TPSA) is 92.9 Å². The third kappa shape index (κ3) is 7.29. The molecule has 0 aliphatic rings. The van der Waals surface area contributed by atoms with Gasteiger partial charge in [-0.25, -0.2) is 9.18 Å². The van der Waals surface area contributed by atoms with E-state index >= 15 is 0 Å². The van der Waals surface area contributed by atoms with E-state index in [1.54, 1.807) is 32.9 Å². The molecule has 0 radical (unpaired) electrons. The van der Waals surface area contributed by atoms with Gasteiger partial charge in [-0.3, -0.25) is 14.5 Å². The maximum absolute atomic E-state index is 13.8. The minimum absolute atomic E-state index is 0.108. The molecule has 0 unspecified atom stereocenters. The van der Waals surface area contributed by atoms with Crippen molar-refractivity contribution in [3.63, 3.8) is 0 Å². The summed E-state index contributed by atoms with van der Waals surface area (Å²) in [6.45, 7) is 5.24. The molecule has 2 N–H and O–H groups in total. The van der Waals surface area contributed by atoms with Gasteiger partial charge in [0.25, 0.3) is 0 Å². The van der Waals surface area contributed by atoms with E-state index < -0.39 is 41.4 Å². The minimum atomic E-state index is -0.996. The second kappa shape index (κ2) is 11.4. The van der Waals surface area contributed by atoms with E-state index in [4.69, 9.17) is 10.5 Å². The number of nitrogens with zero attached hydrogens (tertiary/aromatic N) is 2. The fraction of sp³-hybridized carbons (Fsp3) is 0.345. The van der Waals surface area contributed by atoms with Crippen LogP contribution in [0.4, 0.5) is 9.18 Å². The van der Waals surface area contributed by atoms with Crippen LogP contribution in [0.25, 0.3) is 10.8 Å². The number of hydrogen-bond acceptors (Lipinski definition) is 4. The fourth-order valence-electron chi connectivity index (χ4n) is 4.10. The molecule has 0 bridgehead atoms. The first-order chi connectivity index (χ1) is 17.4. The van der Waals surface area contributed by atoms with Crippen LogP contribution < -0.4 is 5.73 Å². The summed E-state index contributed by atoms with van der Waals surface area (Å²) in [5.41, 5.74) is 6.41. The van der Waals surface area contributed by atoms with Gasteiger partial charge in [0.2, 0.25) is 11.8 Å². The van der Waals surface area contributed by atoms with Gasteiger partial charge in [0.1, 0.15) is 23.5 Å². The van der Waals surface area contributed by atoms with Crippen molar-refractivity contribution in [2.24, 2.45) is 5.73 Å². The Kier molecular flexibility index (Phi) is 8.53. The standard InChI is InChI=1S/C29H34FN3O4/c1-29(2,3)37-28(36)33(5)25(18-20-10-13-21-8-6-7-9-22(21)16-20)27(35)32(4)24(26(31)34)17-19-11-14-23(30)15-12-19/h6-16,24-25H,17-18H2,1-5H3,(H2,31,34)/t24-,25-/m1/s1. The zero-order valence-electron chi connectivity index (χ0n) is 21.9. The predicted molar refractivity (Wildman–Crippen MR) is 141 cm³/mol. The number of carbonyl (C=O) groups excluding carboxylic acids is 3. The highest BCUT2D eigenvalue weighted by Gasteiger charge is 2.36. The van der Waals surface area contributed by atoms with E-state index in [9.17, 15) is 18.8 Å². The Hall–Kier alpha value is -3.94. The first-order valence-electron chi connectivity index (χ1n) is 12.1. The SMILES string of the molecule is CN(C(=O)OC(C)(C)C)[C@H](Cc1ccc2ccccc2c1)C(=O)N(C)[C@H](Cc1ccc(F)cc1)C(N)=O. The summed E-state index contributed by atoms with van der Waals surface area (Å²) in [7, 11) is 2.99. The van der Waals surface area contributed by atoms with Crippen molar-refractivity contribution >= 4 is 28.7 Å². The molecule has 3 amide bonds. The van der Waals surface area contributed by atoms with E-state index in [0.29, 0.717) is 5.56 Å². The van der Waals surface area contributed by atoms with Crippen LogP contribution in [0.1, 0.15) is 31.9 Å². The lowest BCUT2D eigenvalue weighted by Gasteiger charge is -2.34. The summed E-state index contributed by atoms with van der Waals surface area (Å²) in [5.74, 6) is -1.57. The molecule has 0 aliphatic heterocycles. The van der Waals surface area contributed by atoms with Gasteiger partial charge in [0, 0.05) is 26.9 Å². The number of primary amides is 1. The van der Waals surface area contributed by atoms with Gasteiger partial charge < -0.3 is 15.4 Å². The zero-order valence-corrected chi connectivity index (χ0v) is 21.9. The van der Waals surface area contributed by atoms with Gasteiger partial charge in [-0.15, -0.1) is 0 Å². The third-order valence-electron chi connectivity index (χ3n) is 6.16. The number of amides is 3. The quantitative estimate of drug-likeness (QED) is 0.492. The zero-order chi connectivity index (χ0) is 27.3. The highest BCUT2D eigenvalue weighted by Crippen LogP contribution is 2.21. The normalized spacial score (nSPS) is 13.0. The molecule has 0 aliphatic carbocycles. The summed E-state index contributed by atoms with van der Waals surface area (Å²) in [6, 6.07) is 17.4. The van der Waals surface area contributed by atoms with Crippen LogP contribution in [-0.2, 0) is 27.2 Å². The molecule has 8 heteroatoms. The molecule has 3 rings (SSSR count). The van der Waals surface area contributed by atoms with Crippen LogP contribution in [0.2, 0.25) is 0 Å². The van der Waals surface area contributed by atoms with Gasteiger partial charge in [0.15, 0.2) is 0 Å². The minimum Gasteiger partial charge on any atom is -0.444 e. The first-order valence-corrected chi connectivity index (χ1v) is 12.1. The maximum atomic E-state index is 13.8. The van der Waals surface area contributed by atoms with Gasteiger partial charge in [-0.05, 0) is 54.8 Å². The average molecular weight is 508 g/mol. The largest absolute Gasteiger partial charge is 0.444 e. The lowest BCUT2D eigenvalue weighted by atomic mass is 9.98. The van der Waals surface area contributed by atoms with Crippen molar-refractivity contribution in [1.82, 2.24) is 9.80 Å². The molecule has 0 saturated carbocycles. The van der Waals surface area contributed by atoms with E-state index in [2.05, 4.69) is 0 Å². The van der Waals surface area contributed by atoms with E-state index in [-0.39, 0.29) is 12.8 Å². The highest BCUT2D eigenvalue weighted by molar-refractivity contribution is 5.91. The number of benzene rings is 3. The van der Waals surface area contributed by atoms with Crippen molar-refractivity contribution < 1.29 is 23.5 Å². The molecule has 0 fully saturated rings. The summed E-state index contributed by atoms with van der Waals surface area (Å²) in [4.78, 5) is 41.7. The van der Waals surface area contributed by atoms with Gasteiger partial charge in [-0.1, -0.05) is 54.6 Å². The number of fused-ring (bicyclic) bond motifs is 1. The van der Waals surface area contributed by atoms with E-state index in [1.807, 2.05) is 42.5 Å². The smallest absolute Gasteiger partial charge is 0.410 e. The van der Waals surface area contributed by atoms with Gasteiger partial charge in [0.05, 0.1) is 0 Å². The Bertz CT molecular complexity index is 1270. The lowest BCUT2D eigenvalue weighted by molar-refractivity contribution is -0.141. The number of ether oxygens (including phenoxy) is 1. The highest BCUT2D eigenvalue weighted by atomic mass is 19.1. The molecule has 2 atom stereocenters. The summed E-state index contributed by atoms with van der Waals surface area (Å²) >= 11 is 0. The van der Waals surface area contributed by atoms with Crippen LogP contribution in [0.15, 0.2) is 66.7 Å². The van der Waals surface area contributed by atoms with E-state index in [1.165, 1.54) is 36.0 Å². The Morgan fingerprint density at radius 1 is 0.838 bits per heavy atom. The molecule has 196 valence electrons. The van der Waals surface area contributed by atoms with Crippen LogP contribution >= 0.6 is 0 Å². The number of halogens is 1. The number of likely N-dealkylation sites (N-methyl/N-ethyl adjacent to an activating group) is 2. The number of nitrogens with two attached hydrogens (primary N) is 1. The number of hydrogen-bond donors (Lipinski definition) is 1. The molecule has 37 heavy (non-hydrogen) atoms. The van der Waals surface area contributed by atoms with Gasteiger partial charge >= 0.3 is 6.09 Å². The van der Waals surface area contributed by atoms with Crippen LogP contribution in [0.5, 0.6) is 0 Å². The Balaban J connectivity index is 1.92. The number of carbonyl (C=O) groups is 3. The summed E-state index contributed by atoms with van der Waals surface area (Å²) < 4.78 is 18.9. The van der Waals surface area contributed by atoms with E-state index in [0.717, 1.165) is 16.3 Å². The number of rotatable bonds is 8. The molecule has 0 saturated heterocycles. The lowest BCUT2D eigenvalue weighted by Crippen LogP contribution is -2.55. The molecule has 0 spiro atoms. The molecule has 3 aromatic rings. The van der Waals surface area contributed by atoms with Crippen molar-refractivity contribution in [3.8, 4) is 0 Å². The predicted octanol–water partition coefficient (Wildman–Crippen LogP) is 4.31. The van der Waals surface area contributed by atoms with Crippen molar-refractivity contribution in [1.29, 1.82) is 0 Å². The third-order valence-corrected chi connectivity index (χ3v) is 6.16. The monoisotopic (exact) mass is 507 g/mol. The van der Waals surface area contributed by atoms with Gasteiger partial charge in [-0.2, -0.15) is 0 Å². The molecule has 7 nitrogen and oxygen atoms in total. The van der Waals surface area contributed by atoms with Crippen molar-refractivity contribution in [3.05, 3.63) is 83.7 Å². The molecule has 3 aromatic carbocycles. The molecule has 0 heterocycles. The maximum Gasteiger partial charge on any atom is 0.410 e. The second-order valence-corrected chi connectivity index (χ2v) is 10.2. The Labute approximate surface area is 217 Å². The Morgan fingerprint density at radius 2 is 1.41 bits per heavy atom. The first kappa shape index (κ1) is 27.6. The van der Waals surface area contributed by atoms with Crippen LogP contribution in [0.3, 0.4) is 0 Å². The molecule has 0 aromatic heterocycles. The van der Waals surface area contributed by atoms with Crippen molar-refractivity contribution in [2.75, 3.05) is 14.1 Å². The Morgan fingerprint density at radius 3 is 2.00 bits per heavy atom. The molecular formula is C29H34FN3O4. The summed E-state index contributed by atoms with van der Waals surface area (Å²) in [5, 5.41) is 2.06. The van der Waals surface area contributed by atoms with Crippen LogP contribution in [-0.4, -0.2) is 59.5 Å². The fourth-order valence-corrected chi connectivity index (χ4v) is 4.10. The average Bonchev–Trinajstić information content (AvgIpc) is 2.84. The second-order valence-electron chi connectivity index (χ2n) is 10.2. The molecular weight excluding hydrogens is 473 g/mol. The van der Waals surface area contributed by atoms with Crippen molar-refractivity contribution in [2.45, 2.75) is 51.3 Å². The summed E-state index contributed by atoms with van der Waals surface area (Å²) in [6.07, 6.45) is -0.350. The van der Waals surface area contributed by atoms with Crippen LogP contribution in [0, 0.1) is 5.82 Å².